The van der Waals surface area contributed by atoms with Crippen molar-refractivity contribution in [3.05, 3.63) is 34.8 Å². The second-order valence-electron chi connectivity index (χ2n) is 4.03. The quantitative estimate of drug-likeness (QED) is 0.829. The lowest BCUT2D eigenvalue weighted by Crippen LogP contribution is -2.05. The Labute approximate surface area is 103 Å². The van der Waals surface area contributed by atoms with Gasteiger partial charge in [-0.05, 0) is 18.9 Å². The highest BCUT2D eigenvalue weighted by Crippen LogP contribution is 2.33. The predicted octanol–water partition coefficient (Wildman–Crippen LogP) is 3.56. The van der Waals surface area contributed by atoms with Gasteiger partial charge >= 0.3 is 0 Å². The minimum atomic E-state index is -1.20. The molecule has 1 aromatic carbocycles. The molecule has 1 N–H and O–H groups in total. The van der Waals surface area contributed by atoms with Crippen molar-refractivity contribution in [3.63, 3.8) is 0 Å². The number of halogens is 3. The Bertz CT molecular complexity index is 624. The van der Waals surface area contributed by atoms with Crippen LogP contribution in [0.25, 0.3) is 10.9 Å². The average molecular weight is 254 g/mol. The zero-order chi connectivity index (χ0) is 13.4. The maximum absolute atomic E-state index is 13.9. The summed E-state index contributed by atoms with van der Waals surface area (Å²) in [6.07, 6.45) is 0.600. The summed E-state index contributed by atoms with van der Waals surface area (Å²) < 4.78 is 40.8. The molecular weight excluding hydrogens is 241 g/mol. The Kier molecular flexibility index (Phi) is 3.15. The third-order valence-corrected chi connectivity index (χ3v) is 3.02. The van der Waals surface area contributed by atoms with Crippen LogP contribution < -0.4 is 5.32 Å². The molecule has 0 saturated heterocycles. The molecule has 0 atom stereocenters. The van der Waals surface area contributed by atoms with E-state index in [1.807, 2.05) is 6.92 Å². The molecule has 2 nitrogen and oxygen atoms in total. The van der Waals surface area contributed by atoms with Gasteiger partial charge in [0.2, 0.25) is 0 Å². The number of hydrogen-bond donors (Lipinski definition) is 1. The number of nitrogens with one attached hydrogen (secondary N) is 1. The SMILES string of the molecule is CCc1c(C)nc2c(F)cc(F)c(F)c2c1NC. The summed E-state index contributed by atoms with van der Waals surface area (Å²) in [6, 6.07) is 0.523. The van der Waals surface area contributed by atoms with Crippen molar-refractivity contribution in [2.45, 2.75) is 20.3 Å². The Morgan fingerprint density at radius 1 is 1.22 bits per heavy atom. The fraction of sp³-hybridized carbons (Fsp3) is 0.308. The van der Waals surface area contributed by atoms with E-state index in [1.54, 1.807) is 14.0 Å². The van der Waals surface area contributed by atoms with Crippen molar-refractivity contribution in [1.82, 2.24) is 4.98 Å². The van der Waals surface area contributed by atoms with Crippen molar-refractivity contribution in [3.8, 4) is 0 Å². The van der Waals surface area contributed by atoms with E-state index in [0.29, 0.717) is 23.9 Å². The van der Waals surface area contributed by atoms with E-state index in [2.05, 4.69) is 10.3 Å². The van der Waals surface area contributed by atoms with Crippen LogP contribution in [0, 0.1) is 24.4 Å². The number of aryl methyl sites for hydroxylation is 1. The van der Waals surface area contributed by atoms with Crippen LogP contribution in [-0.4, -0.2) is 12.0 Å². The van der Waals surface area contributed by atoms with Crippen LogP contribution in [0.5, 0.6) is 0 Å². The van der Waals surface area contributed by atoms with Gasteiger partial charge in [-0.15, -0.1) is 0 Å². The van der Waals surface area contributed by atoms with Gasteiger partial charge in [-0.1, -0.05) is 6.92 Å². The molecule has 1 heterocycles. The lowest BCUT2D eigenvalue weighted by atomic mass is 10.0. The van der Waals surface area contributed by atoms with Crippen molar-refractivity contribution in [1.29, 1.82) is 0 Å². The van der Waals surface area contributed by atoms with Crippen LogP contribution in [0.3, 0.4) is 0 Å². The molecule has 0 saturated carbocycles. The normalized spacial score (nSPS) is 11.0. The van der Waals surface area contributed by atoms with Gasteiger partial charge in [0.1, 0.15) is 5.52 Å². The van der Waals surface area contributed by atoms with Gasteiger partial charge in [-0.25, -0.2) is 18.2 Å². The van der Waals surface area contributed by atoms with E-state index >= 15 is 0 Å². The van der Waals surface area contributed by atoms with Gasteiger partial charge in [0.05, 0.1) is 11.1 Å². The van der Waals surface area contributed by atoms with Crippen molar-refractivity contribution in [2.75, 3.05) is 12.4 Å². The molecule has 96 valence electrons. The van der Waals surface area contributed by atoms with Gasteiger partial charge in [0.25, 0.3) is 0 Å². The summed E-state index contributed by atoms with van der Waals surface area (Å²) in [7, 11) is 1.59. The van der Waals surface area contributed by atoms with Gasteiger partial charge in [-0.3, -0.25) is 0 Å². The van der Waals surface area contributed by atoms with Gasteiger partial charge in [0, 0.05) is 18.8 Å². The summed E-state index contributed by atoms with van der Waals surface area (Å²) in [5.41, 5.74) is 1.62. The summed E-state index contributed by atoms with van der Waals surface area (Å²) in [6.45, 7) is 3.60. The summed E-state index contributed by atoms with van der Waals surface area (Å²) >= 11 is 0. The minimum Gasteiger partial charge on any atom is -0.387 e. The topological polar surface area (TPSA) is 24.9 Å². The van der Waals surface area contributed by atoms with E-state index in [-0.39, 0.29) is 10.9 Å². The van der Waals surface area contributed by atoms with Crippen LogP contribution in [-0.2, 0) is 6.42 Å². The lowest BCUT2D eigenvalue weighted by molar-refractivity contribution is 0.505. The van der Waals surface area contributed by atoms with Gasteiger partial charge in [0.15, 0.2) is 17.5 Å². The smallest absolute Gasteiger partial charge is 0.170 e. The first-order valence-corrected chi connectivity index (χ1v) is 5.65. The second kappa shape index (κ2) is 4.48. The van der Waals surface area contributed by atoms with E-state index in [9.17, 15) is 13.2 Å². The number of anilines is 1. The van der Waals surface area contributed by atoms with E-state index in [1.165, 1.54) is 0 Å². The summed E-state index contributed by atoms with van der Waals surface area (Å²) in [4.78, 5) is 4.03. The van der Waals surface area contributed by atoms with Crippen molar-refractivity contribution >= 4 is 16.6 Å². The number of hydrogen-bond acceptors (Lipinski definition) is 2. The van der Waals surface area contributed by atoms with Crippen LogP contribution in [0.1, 0.15) is 18.2 Å². The molecule has 2 rings (SSSR count). The van der Waals surface area contributed by atoms with E-state index < -0.39 is 17.5 Å². The van der Waals surface area contributed by atoms with E-state index in [4.69, 9.17) is 0 Å². The highest BCUT2D eigenvalue weighted by atomic mass is 19.2. The third-order valence-electron chi connectivity index (χ3n) is 3.02. The molecule has 1 aromatic heterocycles. The Morgan fingerprint density at radius 2 is 1.89 bits per heavy atom. The highest BCUT2D eigenvalue weighted by molar-refractivity contribution is 5.94. The Morgan fingerprint density at radius 3 is 2.44 bits per heavy atom. The number of aromatic nitrogens is 1. The molecule has 0 spiro atoms. The Balaban J connectivity index is 3.03. The largest absolute Gasteiger partial charge is 0.387 e. The fourth-order valence-electron chi connectivity index (χ4n) is 2.20. The zero-order valence-electron chi connectivity index (χ0n) is 10.4. The number of fused-ring (bicyclic) bond motifs is 1. The fourth-order valence-corrected chi connectivity index (χ4v) is 2.20. The lowest BCUT2D eigenvalue weighted by Gasteiger charge is -2.15. The standard InChI is InChI=1S/C13H13F3N2/c1-4-7-6(2)18-13-9(15)5-8(14)11(16)10(13)12(7)17-3/h5H,4H2,1-3H3,(H,17,18). The molecule has 0 amide bonds. The molecule has 18 heavy (non-hydrogen) atoms. The molecule has 0 bridgehead atoms. The number of nitrogens with zero attached hydrogens (tertiary/aromatic N) is 1. The molecule has 0 radical (unpaired) electrons. The molecule has 0 unspecified atom stereocenters. The molecular formula is C13H13F3N2. The first-order valence-electron chi connectivity index (χ1n) is 5.65. The monoisotopic (exact) mass is 254 g/mol. The molecule has 0 fully saturated rings. The molecule has 5 heteroatoms. The molecule has 0 aliphatic heterocycles. The maximum Gasteiger partial charge on any atom is 0.170 e. The maximum atomic E-state index is 13.9. The van der Waals surface area contributed by atoms with Crippen LogP contribution >= 0.6 is 0 Å². The molecule has 0 aliphatic carbocycles. The highest BCUT2D eigenvalue weighted by Gasteiger charge is 2.20. The van der Waals surface area contributed by atoms with E-state index in [0.717, 1.165) is 5.56 Å². The molecule has 0 aliphatic rings. The van der Waals surface area contributed by atoms with Crippen LogP contribution in [0.4, 0.5) is 18.9 Å². The third kappa shape index (κ3) is 1.70. The van der Waals surface area contributed by atoms with Gasteiger partial charge < -0.3 is 5.32 Å². The Hall–Kier alpha value is -1.78. The number of benzene rings is 1. The average Bonchev–Trinajstić information content (AvgIpc) is 2.34. The first-order chi connectivity index (χ1) is 8.51. The van der Waals surface area contributed by atoms with Crippen molar-refractivity contribution in [2.24, 2.45) is 0 Å². The van der Waals surface area contributed by atoms with Crippen molar-refractivity contribution < 1.29 is 13.2 Å². The predicted molar refractivity (Wildman–Crippen MR) is 65.3 cm³/mol. The van der Waals surface area contributed by atoms with Crippen LogP contribution in [0.15, 0.2) is 6.07 Å². The van der Waals surface area contributed by atoms with Gasteiger partial charge in [-0.2, -0.15) is 0 Å². The first kappa shape index (κ1) is 12.7. The molecule has 2 aromatic rings. The second-order valence-corrected chi connectivity index (χ2v) is 4.03. The number of pyridine rings is 1. The summed E-state index contributed by atoms with van der Waals surface area (Å²) in [5.74, 6) is -3.13. The zero-order valence-corrected chi connectivity index (χ0v) is 10.4. The summed E-state index contributed by atoms with van der Waals surface area (Å²) in [5, 5.41) is 2.68. The minimum absolute atomic E-state index is 0.127. The van der Waals surface area contributed by atoms with Crippen LogP contribution in [0.2, 0.25) is 0 Å². The number of rotatable bonds is 2.